The van der Waals surface area contributed by atoms with Crippen LogP contribution in [0.3, 0.4) is 0 Å². The zero-order chi connectivity index (χ0) is 17.9. The van der Waals surface area contributed by atoms with Gasteiger partial charge in [0.05, 0.1) is 5.25 Å². The van der Waals surface area contributed by atoms with Crippen molar-refractivity contribution in [1.29, 1.82) is 0 Å². The minimum absolute atomic E-state index is 0.0974. The van der Waals surface area contributed by atoms with Crippen molar-refractivity contribution in [3.63, 3.8) is 0 Å². The minimum atomic E-state index is -0.330. The number of aromatic amines is 1. The number of aromatic nitrogens is 1. The van der Waals surface area contributed by atoms with E-state index in [9.17, 15) is 4.79 Å². The van der Waals surface area contributed by atoms with Crippen LogP contribution in [0, 0.1) is 0 Å². The lowest BCUT2D eigenvalue weighted by Gasteiger charge is -2.22. The van der Waals surface area contributed by atoms with Crippen LogP contribution < -0.4 is 0 Å². The highest BCUT2D eigenvalue weighted by Gasteiger charge is 2.28. The summed E-state index contributed by atoms with van der Waals surface area (Å²) in [4.78, 5) is 18.9. The molecule has 1 unspecified atom stereocenters. The predicted octanol–water partition coefficient (Wildman–Crippen LogP) is 5.21. The topological polar surface area (TPSA) is 36.1 Å². The van der Waals surface area contributed by atoms with E-state index >= 15 is 0 Å². The molecule has 26 heavy (non-hydrogen) atoms. The van der Waals surface area contributed by atoms with E-state index in [1.807, 2.05) is 60.8 Å². The van der Waals surface area contributed by atoms with Gasteiger partial charge in [0.15, 0.2) is 5.78 Å². The first-order valence-electron chi connectivity index (χ1n) is 8.85. The molecule has 132 valence electrons. The zero-order valence-corrected chi connectivity index (χ0v) is 16.0. The van der Waals surface area contributed by atoms with Gasteiger partial charge in [-0.1, -0.05) is 72.5 Å². The first-order chi connectivity index (χ1) is 12.7. The summed E-state index contributed by atoms with van der Waals surface area (Å²) in [5.41, 5.74) is 2.70. The number of carbonyl (C=O) groups excluding carboxylic acids is 1. The summed E-state index contributed by atoms with van der Waals surface area (Å²) in [6, 6.07) is 17.9. The highest BCUT2D eigenvalue weighted by Crippen LogP contribution is 2.36. The summed E-state index contributed by atoms with van der Waals surface area (Å²) < 4.78 is 0.824. The number of carbonyl (C=O) groups is 1. The smallest absolute Gasteiger partial charge is 0.182 e. The maximum atomic E-state index is 13.5. The average molecular weight is 381 g/mol. The van der Waals surface area contributed by atoms with E-state index in [0.717, 1.165) is 39.4 Å². The van der Waals surface area contributed by atoms with Crippen LogP contribution in [0.4, 0.5) is 0 Å². The van der Waals surface area contributed by atoms with Crippen LogP contribution in [0.25, 0.3) is 10.9 Å². The van der Waals surface area contributed by atoms with Crippen molar-refractivity contribution < 1.29 is 4.79 Å². The average Bonchev–Trinajstić information content (AvgIpc) is 3.36. The van der Waals surface area contributed by atoms with Crippen LogP contribution in [0.1, 0.15) is 34.0 Å². The Bertz CT molecular complexity index is 929. The highest BCUT2D eigenvalue weighted by atomic mass is 32.2. The first-order valence-corrected chi connectivity index (χ1v) is 10.1. The standard InChI is InChI=1S/C21H20N2OS2/c24-19(17-14-22-18-11-5-4-10-16(17)18)20(15-8-2-1-3-9-15)26-21(25)23-12-6-7-13-23/h1-5,8-11,14,20,22H,6-7,12-13H2. The minimum Gasteiger partial charge on any atom is -0.360 e. The van der Waals surface area contributed by atoms with Crippen LogP contribution in [-0.2, 0) is 0 Å². The van der Waals surface area contributed by atoms with E-state index in [2.05, 4.69) is 9.88 Å². The number of nitrogens with one attached hydrogen (secondary N) is 1. The fourth-order valence-corrected chi connectivity index (χ4v) is 4.92. The number of H-pyrrole nitrogens is 1. The van der Waals surface area contributed by atoms with Crippen molar-refractivity contribution in [3.8, 4) is 0 Å². The largest absolute Gasteiger partial charge is 0.360 e. The number of fused-ring (bicyclic) bond motifs is 1. The van der Waals surface area contributed by atoms with Crippen LogP contribution in [0.2, 0.25) is 0 Å². The maximum Gasteiger partial charge on any atom is 0.182 e. The number of Topliss-reactive ketones (excluding diaryl/α,β-unsaturated/α-hetero) is 1. The van der Waals surface area contributed by atoms with Gasteiger partial charge in [-0.15, -0.1) is 0 Å². The highest BCUT2D eigenvalue weighted by molar-refractivity contribution is 8.23. The van der Waals surface area contributed by atoms with Crippen molar-refractivity contribution in [2.45, 2.75) is 18.1 Å². The van der Waals surface area contributed by atoms with Gasteiger partial charge in [0.2, 0.25) is 0 Å². The van der Waals surface area contributed by atoms with Crippen molar-refractivity contribution >= 4 is 45.0 Å². The molecule has 2 aromatic carbocycles. The van der Waals surface area contributed by atoms with Crippen LogP contribution >= 0.6 is 24.0 Å². The number of thioether (sulfide) groups is 1. The molecule has 1 fully saturated rings. The molecule has 1 aliphatic rings. The molecule has 3 aromatic rings. The Morgan fingerprint density at radius 2 is 1.73 bits per heavy atom. The Labute approximate surface area is 162 Å². The van der Waals surface area contributed by atoms with Gasteiger partial charge < -0.3 is 9.88 Å². The molecule has 1 aliphatic heterocycles. The molecule has 1 saturated heterocycles. The molecule has 0 bridgehead atoms. The van der Waals surface area contributed by atoms with Gasteiger partial charge in [-0.05, 0) is 24.5 Å². The third kappa shape index (κ3) is 3.41. The van der Waals surface area contributed by atoms with Crippen molar-refractivity contribution in [2.24, 2.45) is 0 Å². The van der Waals surface area contributed by atoms with Crippen molar-refractivity contribution in [1.82, 2.24) is 9.88 Å². The molecule has 3 nitrogen and oxygen atoms in total. The van der Waals surface area contributed by atoms with E-state index < -0.39 is 0 Å². The van der Waals surface area contributed by atoms with Gasteiger partial charge in [0, 0.05) is 35.8 Å². The summed E-state index contributed by atoms with van der Waals surface area (Å²) >= 11 is 7.17. The fourth-order valence-electron chi connectivity index (χ4n) is 3.39. The molecule has 0 saturated carbocycles. The number of nitrogens with zero attached hydrogens (tertiary/aromatic N) is 1. The molecule has 5 heteroatoms. The molecule has 4 rings (SSSR count). The van der Waals surface area contributed by atoms with E-state index in [1.54, 1.807) is 0 Å². The Balaban J connectivity index is 1.68. The number of para-hydroxylation sites is 1. The number of benzene rings is 2. The van der Waals surface area contributed by atoms with Crippen LogP contribution in [0.5, 0.6) is 0 Å². The summed E-state index contributed by atoms with van der Waals surface area (Å²) in [5.74, 6) is 0.0974. The van der Waals surface area contributed by atoms with Gasteiger partial charge in [-0.2, -0.15) is 0 Å². The number of rotatable bonds is 4. The third-order valence-corrected chi connectivity index (χ3v) is 6.51. The summed E-state index contributed by atoms with van der Waals surface area (Å²) in [5, 5.41) is 0.634. The molecular weight excluding hydrogens is 360 g/mol. The zero-order valence-electron chi connectivity index (χ0n) is 14.4. The lowest BCUT2D eigenvalue weighted by atomic mass is 10.0. The monoisotopic (exact) mass is 380 g/mol. The number of thiocarbonyl (C=S) groups is 1. The van der Waals surface area contributed by atoms with E-state index in [-0.39, 0.29) is 11.0 Å². The van der Waals surface area contributed by atoms with E-state index in [4.69, 9.17) is 12.2 Å². The second-order valence-electron chi connectivity index (χ2n) is 6.48. The van der Waals surface area contributed by atoms with Gasteiger partial charge in [-0.25, -0.2) is 0 Å². The molecule has 0 radical (unpaired) electrons. The van der Waals surface area contributed by atoms with Gasteiger partial charge in [0.1, 0.15) is 4.32 Å². The number of hydrogen-bond acceptors (Lipinski definition) is 3. The summed E-state index contributed by atoms with van der Waals surface area (Å²) in [6.45, 7) is 1.99. The summed E-state index contributed by atoms with van der Waals surface area (Å²) in [7, 11) is 0. The predicted molar refractivity (Wildman–Crippen MR) is 113 cm³/mol. The Hall–Kier alpha value is -2.11. The normalized spacial score (nSPS) is 15.3. The number of ketones is 1. The molecule has 2 heterocycles. The third-order valence-electron chi connectivity index (χ3n) is 4.78. The molecule has 0 amide bonds. The van der Waals surface area contributed by atoms with Crippen molar-refractivity contribution in [3.05, 3.63) is 71.9 Å². The first kappa shape index (κ1) is 17.3. The quantitative estimate of drug-likeness (QED) is 0.498. The van der Waals surface area contributed by atoms with E-state index in [1.165, 1.54) is 24.6 Å². The molecule has 0 aliphatic carbocycles. The lowest BCUT2D eigenvalue weighted by Crippen LogP contribution is -2.25. The second kappa shape index (κ2) is 7.64. The molecular formula is C21H20N2OS2. The molecule has 0 spiro atoms. The maximum absolute atomic E-state index is 13.5. The number of likely N-dealkylation sites (tertiary alicyclic amines) is 1. The Morgan fingerprint density at radius 3 is 2.50 bits per heavy atom. The molecule has 1 N–H and O–H groups in total. The molecule has 1 atom stereocenters. The van der Waals surface area contributed by atoms with Crippen molar-refractivity contribution in [2.75, 3.05) is 13.1 Å². The van der Waals surface area contributed by atoms with E-state index in [0.29, 0.717) is 0 Å². The van der Waals surface area contributed by atoms with Crippen LogP contribution in [-0.4, -0.2) is 33.1 Å². The fraction of sp³-hybridized carbons (Fsp3) is 0.238. The summed E-state index contributed by atoms with van der Waals surface area (Å²) in [6.07, 6.45) is 4.17. The Morgan fingerprint density at radius 1 is 1.04 bits per heavy atom. The molecule has 1 aromatic heterocycles. The van der Waals surface area contributed by atoms with Gasteiger partial charge >= 0.3 is 0 Å². The van der Waals surface area contributed by atoms with Gasteiger partial charge in [-0.3, -0.25) is 4.79 Å². The van der Waals surface area contributed by atoms with Gasteiger partial charge in [0.25, 0.3) is 0 Å². The lowest BCUT2D eigenvalue weighted by molar-refractivity contribution is 0.0991. The SMILES string of the molecule is O=C(c1c[nH]c2ccccc12)C(SC(=S)N1CCCC1)c1ccccc1. The Kier molecular flexibility index (Phi) is 5.09. The van der Waals surface area contributed by atoms with Crippen LogP contribution in [0.15, 0.2) is 60.8 Å². The number of hydrogen-bond donors (Lipinski definition) is 1. The second-order valence-corrected chi connectivity index (χ2v) is 8.22.